The van der Waals surface area contributed by atoms with Gasteiger partial charge in [-0.1, -0.05) is 0 Å². The molecular weight excluding hydrogens is 262 g/mol. The summed E-state index contributed by atoms with van der Waals surface area (Å²) in [6.07, 6.45) is 2.01. The summed E-state index contributed by atoms with van der Waals surface area (Å²) in [5, 5.41) is 21.0. The smallest absolute Gasteiger partial charge is 0.264 e. The van der Waals surface area contributed by atoms with E-state index in [2.05, 4.69) is 15.3 Å². The summed E-state index contributed by atoms with van der Waals surface area (Å²) >= 11 is 0. The summed E-state index contributed by atoms with van der Waals surface area (Å²) in [6, 6.07) is 0. The number of nitrogens with one attached hydrogen (secondary N) is 2. The predicted molar refractivity (Wildman–Crippen MR) is 71.6 cm³/mol. The van der Waals surface area contributed by atoms with Crippen LogP contribution in [0.15, 0.2) is 4.79 Å². The molecule has 0 radical (unpaired) electrons. The highest BCUT2D eigenvalue weighted by Crippen LogP contribution is 2.37. The van der Waals surface area contributed by atoms with E-state index in [-0.39, 0.29) is 12.1 Å². The number of hydrogen-bond acceptors (Lipinski definition) is 5. The van der Waals surface area contributed by atoms with E-state index in [0.717, 1.165) is 12.8 Å². The van der Waals surface area contributed by atoms with Crippen LogP contribution in [0.5, 0.6) is 0 Å². The Morgan fingerprint density at radius 1 is 1.55 bits per heavy atom. The van der Waals surface area contributed by atoms with E-state index in [1.54, 1.807) is 6.92 Å². The van der Waals surface area contributed by atoms with Gasteiger partial charge in [-0.3, -0.25) is 9.59 Å². The fraction of sp³-hybridized carbons (Fsp3) is 0.615. The van der Waals surface area contributed by atoms with E-state index in [1.165, 1.54) is 6.92 Å². The van der Waals surface area contributed by atoms with Crippen LogP contribution >= 0.6 is 0 Å². The van der Waals surface area contributed by atoms with Crippen LogP contribution in [0.1, 0.15) is 47.6 Å². The van der Waals surface area contributed by atoms with Crippen LogP contribution < -0.4 is 10.9 Å². The number of aryl methyl sites for hydroxylation is 1. The molecule has 7 heteroatoms. The lowest BCUT2D eigenvalue weighted by atomic mass is 10.1. The zero-order valence-corrected chi connectivity index (χ0v) is 11.6. The second kappa shape index (κ2) is 5.34. The maximum atomic E-state index is 12.0. The molecule has 1 aliphatic rings. The van der Waals surface area contributed by atoms with Gasteiger partial charge < -0.3 is 20.5 Å². The van der Waals surface area contributed by atoms with Gasteiger partial charge in [0.15, 0.2) is 0 Å². The SMILES string of the molecule is Cc1nc(C2CC2)[nH]c(=O)c1C(=O)NCC(C)(O)CO. The molecule has 0 aliphatic heterocycles. The highest BCUT2D eigenvalue weighted by molar-refractivity contribution is 5.94. The van der Waals surface area contributed by atoms with Crippen molar-refractivity contribution in [3.05, 3.63) is 27.4 Å². The number of carbonyl (C=O) groups excluding carboxylic acids is 1. The van der Waals surface area contributed by atoms with Crippen molar-refractivity contribution in [2.24, 2.45) is 0 Å². The van der Waals surface area contributed by atoms with E-state index in [9.17, 15) is 14.7 Å². The van der Waals surface area contributed by atoms with Gasteiger partial charge in [0.1, 0.15) is 17.0 Å². The average molecular weight is 281 g/mol. The van der Waals surface area contributed by atoms with E-state index < -0.39 is 23.7 Å². The first-order chi connectivity index (χ1) is 9.34. The summed E-state index contributed by atoms with van der Waals surface area (Å²) in [4.78, 5) is 30.8. The molecule has 0 aromatic carbocycles. The monoisotopic (exact) mass is 281 g/mol. The summed E-state index contributed by atoms with van der Waals surface area (Å²) in [5.41, 5.74) is -1.57. The van der Waals surface area contributed by atoms with Gasteiger partial charge in [-0.15, -0.1) is 0 Å². The Morgan fingerprint density at radius 2 is 2.20 bits per heavy atom. The molecule has 1 fully saturated rings. The average Bonchev–Trinajstić information content (AvgIpc) is 3.20. The Bertz CT molecular complexity index is 575. The largest absolute Gasteiger partial charge is 0.393 e. The van der Waals surface area contributed by atoms with Crippen LogP contribution in [0, 0.1) is 6.92 Å². The fourth-order valence-corrected chi connectivity index (χ4v) is 1.84. The van der Waals surface area contributed by atoms with E-state index in [1.807, 2.05) is 0 Å². The van der Waals surface area contributed by atoms with Crippen molar-refractivity contribution < 1.29 is 15.0 Å². The second-order valence-electron chi connectivity index (χ2n) is 5.52. The molecule has 1 aromatic heterocycles. The molecule has 7 nitrogen and oxygen atoms in total. The highest BCUT2D eigenvalue weighted by atomic mass is 16.3. The number of aromatic nitrogens is 2. The summed E-state index contributed by atoms with van der Waals surface area (Å²) in [7, 11) is 0. The number of aliphatic hydroxyl groups is 2. The molecule has 20 heavy (non-hydrogen) atoms. The van der Waals surface area contributed by atoms with Crippen molar-refractivity contribution >= 4 is 5.91 Å². The third-order valence-electron chi connectivity index (χ3n) is 3.28. The summed E-state index contributed by atoms with van der Waals surface area (Å²) in [5.74, 6) is 0.326. The van der Waals surface area contributed by atoms with Crippen LogP contribution in [0.4, 0.5) is 0 Å². The van der Waals surface area contributed by atoms with E-state index in [0.29, 0.717) is 17.4 Å². The van der Waals surface area contributed by atoms with E-state index in [4.69, 9.17) is 5.11 Å². The Hall–Kier alpha value is -1.73. The predicted octanol–water partition coefficient (Wildman–Crippen LogP) is -0.571. The van der Waals surface area contributed by atoms with Gasteiger partial charge >= 0.3 is 0 Å². The van der Waals surface area contributed by atoms with Crippen LogP contribution in [-0.2, 0) is 0 Å². The van der Waals surface area contributed by atoms with Crippen molar-refractivity contribution in [3.8, 4) is 0 Å². The highest BCUT2D eigenvalue weighted by Gasteiger charge is 2.28. The molecule has 1 aromatic rings. The first-order valence-electron chi connectivity index (χ1n) is 6.56. The molecule has 1 unspecified atom stereocenters. The van der Waals surface area contributed by atoms with Crippen LogP contribution in [-0.4, -0.2) is 44.8 Å². The lowest BCUT2D eigenvalue weighted by molar-refractivity contribution is 0.00317. The van der Waals surface area contributed by atoms with E-state index >= 15 is 0 Å². The van der Waals surface area contributed by atoms with Crippen LogP contribution in [0.3, 0.4) is 0 Å². The Balaban J connectivity index is 2.16. The molecule has 1 aliphatic carbocycles. The van der Waals surface area contributed by atoms with Gasteiger partial charge in [0.2, 0.25) is 0 Å². The molecule has 1 amide bonds. The quantitative estimate of drug-likeness (QED) is 0.577. The lowest BCUT2D eigenvalue weighted by Crippen LogP contribution is -2.44. The van der Waals surface area contributed by atoms with Crippen molar-refractivity contribution in [2.75, 3.05) is 13.2 Å². The third-order valence-corrected chi connectivity index (χ3v) is 3.28. The molecule has 1 heterocycles. The van der Waals surface area contributed by atoms with Gasteiger partial charge in [-0.2, -0.15) is 0 Å². The molecule has 1 saturated carbocycles. The third kappa shape index (κ3) is 3.23. The molecule has 110 valence electrons. The topological polar surface area (TPSA) is 115 Å². The Kier molecular flexibility index (Phi) is 3.92. The maximum Gasteiger partial charge on any atom is 0.264 e. The minimum Gasteiger partial charge on any atom is -0.393 e. The fourth-order valence-electron chi connectivity index (χ4n) is 1.84. The van der Waals surface area contributed by atoms with Crippen molar-refractivity contribution in [1.82, 2.24) is 15.3 Å². The summed E-state index contributed by atoms with van der Waals surface area (Å²) in [6.45, 7) is 2.37. The van der Waals surface area contributed by atoms with Crippen molar-refractivity contribution in [2.45, 2.75) is 38.2 Å². The minimum absolute atomic E-state index is 0.0526. The first kappa shape index (κ1) is 14.7. The number of amides is 1. The van der Waals surface area contributed by atoms with Crippen molar-refractivity contribution in [3.63, 3.8) is 0 Å². The van der Waals surface area contributed by atoms with Crippen LogP contribution in [0.25, 0.3) is 0 Å². The molecule has 2 rings (SSSR count). The molecule has 4 N–H and O–H groups in total. The number of aliphatic hydroxyl groups excluding tert-OH is 1. The van der Waals surface area contributed by atoms with Gasteiger partial charge in [0, 0.05) is 12.5 Å². The second-order valence-corrected chi connectivity index (χ2v) is 5.52. The molecule has 0 bridgehead atoms. The standard InChI is InChI=1S/C13H19N3O4/c1-7-9(11(18)14-5-13(2,20)6-17)12(19)16-10(15-7)8-3-4-8/h8,17,20H,3-6H2,1-2H3,(H,14,18)(H,15,16,19). The number of aromatic amines is 1. The number of H-pyrrole nitrogens is 1. The lowest BCUT2D eigenvalue weighted by Gasteiger charge is -2.20. The number of rotatable bonds is 5. The van der Waals surface area contributed by atoms with Gasteiger partial charge in [-0.05, 0) is 26.7 Å². The number of nitrogens with zero attached hydrogens (tertiary/aromatic N) is 1. The number of hydrogen-bond donors (Lipinski definition) is 4. The Labute approximate surface area is 116 Å². The van der Waals surface area contributed by atoms with Gasteiger partial charge in [0.25, 0.3) is 11.5 Å². The maximum absolute atomic E-state index is 12.0. The van der Waals surface area contributed by atoms with Crippen LogP contribution in [0.2, 0.25) is 0 Å². The van der Waals surface area contributed by atoms with Gasteiger partial charge in [-0.25, -0.2) is 4.98 Å². The van der Waals surface area contributed by atoms with Crippen molar-refractivity contribution in [1.29, 1.82) is 0 Å². The zero-order chi connectivity index (χ0) is 14.9. The molecule has 0 saturated heterocycles. The number of carbonyl (C=O) groups is 1. The molecule has 1 atom stereocenters. The zero-order valence-electron chi connectivity index (χ0n) is 11.6. The first-order valence-corrected chi connectivity index (χ1v) is 6.56. The Morgan fingerprint density at radius 3 is 2.70 bits per heavy atom. The summed E-state index contributed by atoms with van der Waals surface area (Å²) < 4.78 is 0. The molecule has 0 spiro atoms. The normalized spacial score (nSPS) is 17.6. The minimum atomic E-state index is -1.42. The van der Waals surface area contributed by atoms with Gasteiger partial charge in [0.05, 0.1) is 12.3 Å². The molecular formula is C13H19N3O4.